The molecule has 1 aliphatic carbocycles. The number of carboxylic acid groups (broad SMARTS) is 1. The van der Waals surface area contributed by atoms with Crippen molar-refractivity contribution in [2.75, 3.05) is 10.6 Å². The van der Waals surface area contributed by atoms with Gasteiger partial charge in [0.25, 0.3) is 0 Å². The minimum absolute atomic E-state index is 0.0129. The van der Waals surface area contributed by atoms with Crippen LogP contribution in [0.4, 0.5) is 16.3 Å². The molecule has 4 N–H and O–H groups in total. The summed E-state index contributed by atoms with van der Waals surface area (Å²) in [6.45, 7) is 6.35. The van der Waals surface area contributed by atoms with E-state index in [0.717, 1.165) is 53.8 Å². The van der Waals surface area contributed by atoms with Gasteiger partial charge in [-0.3, -0.25) is 19.6 Å². The molecule has 0 saturated heterocycles. The predicted octanol–water partition coefficient (Wildman–Crippen LogP) is 5.81. The van der Waals surface area contributed by atoms with Crippen LogP contribution in [0.1, 0.15) is 86.7 Å². The highest BCUT2D eigenvalue weighted by Gasteiger charge is 2.23. The maximum Gasteiger partial charge on any atom is 0.324 e. The molecule has 0 bridgehead atoms. The van der Waals surface area contributed by atoms with Crippen LogP contribution in [0.5, 0.6) is 0 Å². The number of amides is 3. The van der Waals surface area contributed by atoms with Crippen LogP contribution in [-0.4, -0.2) is 37.8 Å². The molecule has 1 aliphatic rings. The van der Waals surface area contributed by atoms with Gasteiger partial charge >= 0.3 is 12.0 Å². The Morgan fingerprint density at radius 1 is 1.10 bits per heavy atom. The molecule has 3 aromatic rings. The highest BCUT2D eigenvalue weighted by molar-refractivity contribution is 6.00. The van der Waals surface area contributed by atoms with Crippen molar-refractivity contribution in [3.05, 3.63) is 71.2 Å². The minimum atomic E-state index is -0.879. The number of urea groups is 1. The van der Waals surface area contributed by atoms with Gasteiger partial charge in [0, 0.05) is 18.1 Å². The Labute approximate surface area is 240 Å². The Morgan fingerprint density at radius 3 is 2.59 bits per heavy atom. The molecule has 41 heavy (non-hydrogen) atoms. The van der Waals surface area contributed by atoms with Crippen LogP contribution in [0.3, 0.4) is 0 Å². The van der Waals surface area contributed by atoms with E-state index in [2.05, 4.69) is 45.9 Å². The maximum atomic E-state index is 13.2. The van der Waals surface area contributed by atoms with Crippen molar-refractivity contribution < 1.29 is 19.5 Å². The summed E-state index contributed by atoms with van der Waals surface area (Å²) in [5.41, 5.74) is 4.28. The van der Waals surface area contributed by atoms with E-state index in [1.54, 1.807) is 17.1 Å². The summed E-state index contributed by atoms with van der Waals surface area (Å²) in [7, 11) is 0. The van der Waals surface area contributed by atoms with Crippen LogP contribution < -0.4 is 16.0 Å². The molecule has 2 heterocycles. The van der Waals surface area contributed by atoms with Crippen molar-refractivity contribution >= 4 is 29.4 Å². The largest absolute Gasteiger partial charge is 0.481 e. The summed E-state index contributed by atoms with van der Waals surface area (Å²) in [5, 5.41) is 22.5. The highest BCUT2D eigenvalue weighted by atomic mass is 16.4. The third-order valence-electron chi connectivity index (χ3n) is 7.38. The normalized spacial score (nSPS) is 14.1. The summed E-state index contributed by atoms with van der Waals surface area (Å²) in [6.07, 6.45) is 8.68. The molecule has 0 aliphatic heterocycles. The number of anilines is 2. The second kappa shape index (κ2) is 13.9. The summed E-state index contributed by atoms with van der Waals surface area (Å²) >= 11 is 0. The SMILES string of the molecule is Cc1cccnc1NC(=O)Nc1ccc(CC(=O)NC(CC(C)C)c2ccn(CCC(=O)O)n2)cc1C1CCCC1. The lowest BCUT2D eigenvalue weighted by atomic mass is 9.93. The Hall–Kier alpha value is -4.21. The monoisotopic (exact) mass is 560 g/mol. The molecule has 3 amide bonds. The number of hydrogen-bond acceptors (Lipinski definition) is 5. The van der Waals surface area contributed by atoms with Crippen LogP contribution in [0.15, 0.2) is 48.8 Å². The van der Waals surface area contributed by atoms with Crippen molar-refractivity contribution in [3.8, 4) is 0 Å². The van der Waals surface area contributed by atoms with Crippen LogP contribution in [-0.2, 0) is 22.6 Å². The quantitative estimate of drug-likeness (QED) is 0.221. The van der Waals surface area contributed by atoms with Gasteiger partial charge in [0.2, 0.25) is 5.91 Å². The molecule has 1 unspecified atom stereocenters. The van der Waals surface area contributed by atoms with Gasteiger partial charge in [0.05, 0.1) is 31.1 Å². The average Bonchev–Trinajstić information content (AvgIpc) is 3.62. The Kier molecular flexibility index (Phi) is 10.1. The number of aromatic nitrogens is 3. The zero-order valence-corrected chi connectivity index (χ0v) is 24.0. The number of nitrogens with one attached hydrogen (secondary N) is 3. The van der Waals surface area contributed by atoms with Gasteiger partial charge in [-0.05, 0) is 72.9 Å². The van der Waals surface area contributed by atoms with Crippen molar-refractivity contribution in [3.63, 3.8) is 0 Å². The van der Waals surface area contributed by atoms with Crippen LogP contribution in [0.25, 0.3) is 0 Å². The van der Waals surface area contributed by atoms with E-state index < -0.39 is 5.97 Å². The first-order valence-electron chi connectivity index (χ1n) is 14.3. The molecule has 1 aromatic carbocycles. The Bertz CT molecular complexity index is 1360. The first-order valence-corrected chi connectivity index (χ1v) is 14.3. The van der Waals surface area contributed by atoms with E-state index in [-0.39, 0.29) is 37.4 Å². The lowest BCUT2D eigenvalue weighted by molar-refractivity contribution is -0.137. The van der Waals surface area contributed by atoms with Crippen molar-refractivity contribution in [1.82, 2.24) is 20.1 Å². The number of aliphatic carboxylic acids is 1. The van der Waals surface area contributed by atoms with Gasteiger partial charge in [0.15, 0.2) is 0 Å². The lowest BCUT2D eigenvalue weighted by Crippen LogP contribution is -2.31. The molecule has 1 saturated carbocycles. The first-order chi connectivity index (χ1) is 19.7. The average molecular weight is 561 g/mol. The van der Waals surface area contributed by atoms with Gasteiger partial charge in [-0.1, -0.05) is 44.9 Å². The molecule has 0 radical (unpaired) electrons. The second-order valence-corrected chi connectivity index (χ2v) is 11.2. The van der Waals surface area contributed by atoms with E-state index in [1.165, 1.54) is 0 Å². The topological polar surface area (TPSA) is 138 Å². The van der Waals surface area contributed by atoms with Crippen LogP contribution in [0, 0.1) is 12.8 Å². The van der Waals surface area contributed by atoms with Gasteiger partial charge in [-0.15, -0.1) is 0 Å². The van der Waals surface area contributed by atoms with E-state index in [4.69, 9.17) is 5.11 Å². The van der Waals surface area contributed by atoms with Crippen LogP contribution in [0.2, 0.25) is 0 Å². The number of rotatable bonds is 12. The third-order valence-corrected chi connectivity index (χ3v) is 7.38. The van der Waals surface area contributed by atoms with E-state index >= 15 is 0 Å². The Balaban J connectivity index is 1.46. The Morgan fingerprint density at radius 2 is 1.88 bits per heavy atom. The second-order valence-electron chi connectivity index (χ2n) is 11.2. The molecular formula is C31H40N6O4. The van der Waals surface area contributed by atoms with Crippen molar-refractivity contribution in [2.24, 2.45) is 5.92 Å². The molecular weight excluding hydrogens is 520 g/mol. The molecule has 0 spiro atoms. The third kappa shape index (κ3) is 8.64. The van der Waals surface area contributed by atoms with Gasteiger partial charge in [-0.25, -0.2) is 9.78 Å². The highest BCUT2D eigenvalue weighted by Crippen LogP contribution is 2.38. The number of aryl methyl sites for hydroxylation is 2. The smallest absolute Gasteiger partial charge is 0.324 e. The molecule has 10 heteroatoms. The molecule has 4 rings (SSSR count). The molecule has 2 aromatic heterocycles. The molecule has 1 fully saturated rings. The zero-order valence-electron chi connectivity index (χ0n) is 24.0. The van der Waals surface area contributed by atoms with Gasteiger partial charge < -0.3 is 15.7 Å². The van der Waals surface area contributed by atoms with E-state index in [1.807, 2.05) is 37.3 Å². The van der Waals surface area contributed by atoms with Crippen molar-refractivity contribution in [2.45, 2.75) is 84.2 Å². The molecule has 1 atom stereocenters. The summed E-state index contributed by atoms with van der Waals surface area (Å²) in [5.74, 6) is 0.176. The number of pyridine rings is 1. The summed E-state index contributed by atoms with van der Waals surface area (Å²) < 4.78 is 1.61. The summed E-state index contributed by atoms with van der Waals surface area (Å²) in [6, 6.07) is 10.8. The van der Waals surface area contributed by atoms with Crippen molar-refractivity contribution in [1.29, 1.82) is 0 Å². The van der Waals surface area contributed by atoms with E-state index in [0.29, 0.717) is 24.1 Å². The van der Waals surface area contributed by atoms with Gasteiger partial charge in [0.1, 0.15) is 5.82 Å². The standard InChI is InChI=1S/C31H40N6O4/c1-20(2)17-27(26-12-15-37(36-26)16-13-29(39)40)33-28(38)19-22-10-11-25(24(18-22)23-8-4-5-9-23)34-31(41)35-30-21(3)7-6-14-32-30/h6-7,10-12,14-15,18,20,23,27H,4-5,8-9,13,16-17,19H2,1-3H3,(H,33,38)(H,39,40)(H2,32,34,35,41). The lowest BCUT2D eigenvalue weighted by Gasteiger charge is -2.20. The molecule has 218 valence electrons. The number of hydrogen-bond donors (Lipinski definition) is 4. The summed E-state index contributed by atoms with van der Waals surface area (Å²) in [4.78, 5) is 41.2. The maximum absolute atomic E-state index is 13.2. The fourth-order valence-electron chi connectivity index (χ4n) is 5.34. The van der Waals surface area contributed by atoms with E-state index in [9.17, 15) is 14.4 Å². The zero-order chi connectivity index (χ0) is 29.4. The fourth-order valence-corrected chi connectivity index (χ4v) is 5.34. The van der Waals surface area contributed by atoms with Crippen LogP contribution >= 0.6 is 0 Å². The number of carbonyl (C=O) groups is 3. The minimum Gasteiger partial charge on any atom is -0.481 e. The number of carboxylic acids is 1. The molecule has 10 nitrogen and oxygen atoms in total. The predicted molar refractivity (Wildman–Crippen MR) is 158 cm³/mol. The number of benzene rings is 1. The first kappa shape index (κ1) is 29.8. The van der Waals surface area contributed by atoms with Gasteiger partial charge in [-0.2, -0.15) is 5.10 Å². The number of carbonyl (C=O) groups excluding carboxylic acids is 2. The number of nitrogens with zero attached hydrogens (tertiary/aromatic N) is 3. The fraction of sp³-hybridized carbons (Fsp3) is 0.452.